The van der Waals surface area contributed by atoms with Crippen LogP contribution in [0.3, 0.4) is 0 Å². The highest BCUT2D eigenvalue weighted by Crippen LogP contribution is 2.30. The van der Waals surface area contributed by atoms with Crippen molar-refractivity contribution in [3.63, 3.8) is 0 Å². The molecule has 118 valence electrons. The van der Waals surface area contributed by atoms with Crippen molar-refractivity contribution in [2.45, 2.75) is 64.7 Å². The van der Waals surface area contributed by atoms with Crippen LogP contribution >= 0.6 is 0 Å². The van der Waals surface area contributed by atoms with Crippen LogP contribution in [0.2, 0.25) is 0 Å². The Kier molecular flexibility index (Phi) is 7.57. The third-order valence-electron chi connectivity index (χ3n) is 4.82. The van der Waals surface area contributed by atoms with Gasteiger partial charge >= 0.3 is 5.97 Å². The van der Waals surface area contributed by atoms with E-state index in [1.165, 1.54) is 45.2 Å². The second-order valence-electron chi connectivity index (χ2n) is 7.31. The number of aliphatic carboxylic acids is 1. The van der Waals surface area contributed by atoms with Gasteiger partial charge in [0.05, 0.1) is 33.1 Å². The fourth-order valence-corrected chi connectivity index (χ4v) is 3.53. The highest BCUT2D eigenvalue weighted by molar-refractivity contribution is 5.69. The fourth-order valence-electron chi connectivity index (χ4n) is 3.53. The van der Waals surface area contributed by atoms with Gasteiger partial charge in [-0.05, 0) is 38.5 Å². The lowest BCUT2D eigenvalue weighted by Crippen LogP contribution is -2.45. The summed E-state index contributed by atoms with van der Waals surface area (Å²) in [6.07, 6.45) is 10.7. The van der Waals surface area contributed by atoms with Gasteiger partial charge in [-0.3, -0.25) is 4.79 Å². The summed E-state index contributed by atoms with van der Waals surface area (Å²) in [4.78, 5) is 11.0. The molecule has 0 aliphatic heterocycles. The van der Waals surface area contributed by atoms with Crippen LogP contribution in [0.5, 0.6) is 0 Å². The Bertz CT molecular complexity index is 281. The van der Waals surface area contributed by atoms with E-state index >= 15 is 0 Å². The first-order valence-corrected chi connectivity index (χ1v) is 8.49. The van der Waals surface area contributed by atoms with E-state index in [0.717, 1.165) is 36.1 Å². The van der Waals surface area contributed by atoms with Crippen molar-refractivity contribution >= 4 is 5.97 Å². The second kappa shape index (κ2) is 8.66. The Balaban J connectivity index is 2.20. The molecular weight excluding hydrogens is 250 g/mol. The molecule has 1 saturated carbocycles. The Labute approximate surface area is 124 Å². The van der Waals surface area contributed by atoms with Crippen molar-refractivity contribution in [2.75, 3.05) is 27.2 Å². The molecule has 0 spiro atoms. The minimum Gasteiger partial charge on any atom is -0.481 e. The molecule has 3 heteroatoms. The van der Waals surface area contributed by atoms with Crippen molar-refractivity contribution in [2.24, 2.45) is 11.8 Å². The molecule has 0 aromatic carbocycles. The van der Waals surface area contributed by atoms with Crippen molar-refractivity contribution in [1.29, 1.82) is 0 Å². The normalized spacial score (nSPS) is 23.8. The summed E-state index contributed by atoms with van der Waals surface area (Å²) in [7, 11) is 4.67. The summed E-state index contributed by atoms with van der Waals surface area (Å²) in [6.45, 7) is 4.75. The molecule has 0 aromatic rings. The average molecular weight is 284 g/mol. The zero-order chi connectivity index (χ0) is 15.0. The third kappa shape index (κ3) is 6.74. The van der Waals surface area contributed by atoms with Crippen LogP contribution in [0.1, 0.15) is 64.7 Å². The number of hydrogen-bond acceptors (Lipinski definition) is 1. The number of hydrogen-bond donors (Lipinski definition) is 1. The van der Waals surface area contributed by atoms with Crippen molar-refractivity contribution < 1.29 is 14.4 Å². The van der Waals surface area contributed by atoms with Crippen LogP contribution < -0.4 is 0 Å². The van der Waals surface area contributed by atoms with Gasteiger partial charge < -0.3 is 9.59 Å². The standard InChI is InChI=1S/C17H33NO2/c1-4-5-6-7-8-13-18(2,3)14-15-9-11-16(12-10-15)17(19)20/h15-16H,4-14H2,1-3H3/p+1. The van der Waals surface area contributed by atoms with Crippen LogP contribution in [0.25, 0.3) is 0 Å². The lowest BCUT2D eigenvalue weighted by Gasteiger charge is -2.36. The number of carboxylic acid groups (broad SMARTS) is 1. The Morgan fingerprint density at radius 3 is 2.20 bits per heavy atom. The molecule has 1 aliphatic rings. The maximum absolute atomic E-state index is 11.0. The van der Waals surface area contributed by atoms with Crippen molar-refractivity contribution in [3.8, 4) is 0 Å². The molecule has 1 rings (SSSR count). The molecule has 0 atom stereocenters. The number of quaternary nitrogens is 1. The molecule has 1 N–H and O–H groups in total. The number of nitrogens with zero attached hydrogens (tertiary/aromatic N) is 1. The molecule has 0 unspecified atom stereocenters. The van der Waals surface area contributed by atoms with Gasteiger partial charge in [0.1, 0.15) is 0 Å². The van der Waals surface area contributed by atoms with E-state index < -0.39 is 5.97 Å². The highest BCUT2D eigenvalue weighted by Gasteiger charge is 2.29. The predicted molar refractivity (Wildman–Crippen MR) is 83.7 cm³/mol. The van der Waals surface area contributed by atoms with Gasteiger partial charge in [0.25, 0.3) is 0 Å². The predicted octanol–water partition coefficient (Wildman–Crippen LogP) is 3.92. The van der Waals surface area contributed by atoms with Gasteiger partial charge in [-0.2, -0.15) is 0 Å². The molecular formula is C17H34NO2+. The average Bonchev–Trinajstić information content (AvgIpc) is 2.38. The summed E-state index contributed by atoms with van der Waals surface area (Å²) in [5.41, 5.74) is 0. The van der Waals surface area contributed by atoms with E-state index in [2.05, 4.69) is 21.0 Å². The van der Waals surface area contributed by atoms with Crippen LogP contribution in [-0.4, -0.2) is 42.7 Å². The SMILES string of the molecule is CCCCCCC[N+](C)(C)CC1CCC(C(=O)O)CC1. The summed E-state index contributed by atoms with van der Waals surface area (Å²) >= 11 is 0. The van der Waals surface area contributed by atoms with Crippen LogP contribution in [-0.2, 0) is 4.79 Å². The summed E-state index contributed by atoms with van der Waals surface area (Å²) in [5.74, 6) is 0.0697. The maximum atomic E-state index is 11.0. The minimum atomic E-state index is -0.590. The van der Waals surface area contributed by atoms with E-state index in [0.29, 0.717) is 0 Å². The second-order valence-corrected chi connectivity index (χ2v) is 7.31. The largest absolute Gasteiger partial charge is 0.481 e. The zero-order valence-electron chi connectivity index (χ0n) is 13.7. The Morgan fingerprint density at radius 1 is 1.05 bits per heavy atom. The lowest BCUT2D eigenvalue weighted by atomic mass is 9.81. The van der Waals surface area contributed by atoms with Crippen LogP contribution in [0.15, 0.2) is 0 Å². The van der Waals surface area contributed by atoms with Gasteiger partial charge in [-0.25, -0.2) is 0 Å². The van der Waals surface area contributed by atoms with Gasteiger partial charge in [0.15, 0.2) is 0 Å². The molecule has 0 radical (unpaired) electrons. The number of unbranched alkanes of at least 4 members (excludes halogenated alkanes) is 4. The third-order valence-corrected chi connectivity index (χ3v) is 4.82. The van der Waals surface area contributed by atoms with E-state index in [1.807, 2.05) is 0 Å². The van der Waals surface area contributed by atoms with Gasteiger partial charge in [0, 0.05) is 5.92 Å². The van der Waals surface area contributed by atoms with E-state index in [1.54, 1.807) is 0 Å². The van der Waals surface area contributed by atoms with E-state index in [9.17, 15) is 4.79 Å². The maximum Gasteiger partial charge on any atom is 0.306 e. The zero-order valence-corrected chi connectivity index (χ0v) is 13.7. The molecule has 0 amide bonds. The number of carbonyl (C=O) groups is 1. The summed E-state index contributed by atoms with van der Waals surface area (Å²) in [5, 5.41) is 9.04. The molecule has 0 saturated heterocycles. The molecule has 1 fully saturated rings. The van der Waals surface area contributed by atoms with Gasteiger partial charge in [0.2, 0.25) is 0 Å². The number of carboxylic acids is 1. The molecule has 0 bridgehead atoms. The van der Waals surface area contributed by atoms with Gasteiger partial charge in [-0.15, -0.1) is 0 Å². The van der Waals surface area contributed by atoms with E-state index in [4.69, 9.17) is 5.11 Å². The van der Waals surface area contributed by atoms with Gasteiger partial charge in [-0.1, -0.05) is 26.2 Å². The highest BCUT2D eigenvalue weighted by atomic mass is 16.4. The quantitative estimate of drug-likeness (QED) is 0.514. The van der Waals surface area contributed by atoms with Crippen LogP contribution in [0.4, 0.5) is 0 Å². The van der Waals surface area contributed by atoms with E-state index in [-0.39, 0.29) is 5.92 Å². The topological polar surface area (TPSA) is 37.3 Å². The van der Waals surface area contributed by atoms with Crippen molar-refractivity contribution in [3.05, 3.63) is 0 Å². The first kappa shape index (κ1) is 17.5. The van der Waals surface area contributed by atoms with Crippen LogP contribution in [0, 0.1) is 11.8 Å². The summed E-state index contributed by atoms with van der Waals surface area (Å²) in [6, 6.07) is 0. The fraction of sp³-hybridized carbons (Fsp3) is 0.941. The molecule has 0 heterocycles. The number of rotatable bonds is 9. The lowest BCUT2D eigenvalue weighted by molar-refractivity contribution is -0.894. The minimum absolute atomic E-state index is 0.0732. The molecule has 20 heavy (non-hydrogen) atoms. The monoisotopic (exact) mass is 284 g/mol. The molecule has 1 aliphatic carbocycles. The first-order valence-electron chi connectivity index (χ1n) is 8.49. The van der Waals surface area contributed by atoms with Crippen molar-refractivity contribution in [1.82, 2.24) is 0 Å². The Morgan fingerprint density at radius 2 is 1.65 bits per heavy atom. The summed E-state index contributed by atoms with van der Waals surface area (Å²) < 4.78 is 1.11. The Hall–Kier alpha value is -0.570. The molecule has 3 nitrogen and oxygen atoms in total. The smallest absolute Gasteiger partial charge is 0.306 e. The first-order chi connectivity index (χ1) is 9.44. The molecule has 0 aromatic heterocycles.